The van der Waals surface area contributed by atoms with E-state index >= 15 is 0 Å². The maximum absolute atomic E-state index is 11.6. The molecule has 0 spiro atoms. The number of aromatic hydroxyl groups is 1. The Morgan fingerprint density at radius 1 is 1.05 bits per heavy atom. The van der Waals surface area contributed by atoms with Crippen LogP contribution in [0.25, 0.3) is 0 Å². The summed E-state index contributed by atoms with van der Waals surface area (Å²) in [6, 6.07) is 13.5. The molecule has 2 aromatic rings. The molecular formula is C16H17ClN2O3. The quantitative estimate of drug-likeness (QED) is 0.717. The maximum Gasteiger partial charge on any atom is 0.317 e. The molecule has 0 saturated carbocycles. The summed E-state index contributed by atoms with van der Waals surface area (Å²) in [6.45, 7) is 0.574. The minimum absolute atomic E-state index is 0.0761. The van der Waals surface area contributed by atoms with Gasteiger partial charge in [0.15, 0.2) is 6.73 Å². The number of carbonyl (C=O) groups is 1. The first-order valence-corrected chi connectivity index (χ1v) is 7.19. The second-order valence-electron chi connectivity index (χ2n) is 4.59. The SMILES string of the molecule is O=C(NCCc1ccc(O)cc1)NCOc1ccc(Cl)cc1. The smallest absolute Gasteiger partial charge is 0.317 e. The van der Waals surface area contributed by atoms with Gasteiger partial charge in [0.2, 0.25) is 0 Å². The molecule has 5 nitrogen and oxygen atoms in total. The molecule has 0 aromatic heterocycles. The van der Waals surface area contributed by atoms with Gasteiger partial charge in [-0.3, -0.25) is 0 Å². The molecule has 0 fully saturated rings. The highest BCUT2D eigenvalue weighted by Gasteiger charge is 2.00. The number of benzene rings is 2. The van der Waals surface area contributed by atoms with Crippen molar-refractivity contribution in [2.45, 2.75) is 6.42 Å². The Labute approximate surface area is 133 Å². The molecule has 0 radical (unpaired) electrons. The van der Waals surface area contributed by atoms with Gasteiger partial charge in [-0.25, -0.2) is 4.79 Å². The number of amides is 2. The number of halogens is 1. The number of rotatable bonds is 6. The average Bonchev–Trinajstić information content (AvgIpc) is 2.51. The lowest BCUT2D eigenvalue weighted by atomic mass is 10.1. The van der Waals surface area contributed by atoms with E-state index in [0.717, 1.165) is 5.56 Å². The molecule has 22 heavy (non-hydrogen) atoms. The van der Waals surface area contributed by atoms with Gasteiger partial charge in [0.05, 0.1) is 0 Å². The Morgan fingerprint density at radius 2 is 1.73 bits per heavy atom. The minimum Gasteiger partial charge on any atom is -0.508 e. The molecule has 6 heteroatoms. The zero-order valence-corrected chi connectivity index (χ0v) is 12.6. The molecule has 0 heterocycles. The van der Waals surface area contributed by atoms with Crippen molar-refractivity contribution in [1.29, 1.82) is 0 Å². The average molecular weight is 321 g/mol. The van der Waals surface area contributed by atoms with Gasteiger partial charge in [-0.05, 0) is 48.4 Å². The normalized spacial score (nSPS) is 10.0. The van der Waals surface area contributed by atoms with Crippen LogP contribution in [0.2, 0.25) is 5.02 Å². The monoisotopic (exact) mass is 320 g/mol. The van der Waals surface area contributed by atoms with Crippen molar-refractivity contribution >= 4 is 17.6 Å². The molecule has 2 rings (SSSR count). The van der Waals surface area contributed by atoms with Crippen molar-refractivity contribution in [1.82, 2.24) is 10.6 Å². The zero-order valence-electron chi connectivity index (χ0n) is 11.9. The fourth-order valence-electron chi connectivity index (χ4n) is 1.76. The van der Waals surface area contributed by atoms with Crippen LogP contribution in [0.15, 0.2) is 48.5 Å². The summed E-state index contributed by atoms with van der Waals surface area (Å²) >= 11 is 5.76. The summed E-state index contributed by atoms with van der Waals surface area (Å²) < 4.78 is 5.35. The zero-order chi connectivity index (χ0) is 15.8. The Balaban J connectivity index is 1.61. The highest BCUT2D eigenvalue weighted by atomic mass is 35.5. The Morgan fingerprint density at radius 3 is 2.41 bits per heavy atom. The predicted molar refractivity (Wildman–Crippen MR) is 85.3 cm³/mol. The molecule has 0 bridgehead atoms. The van der Waals surface area contributed by atoms with Crippen LogP contribution in [0.3, 0.4) is 0 Å². The molecule has 0 aliphatic carbocycles. The minimum atomic E-state index is -0.298. The lowest BCUT2D eigenvalue weighted by Gasteiger charge is -2.09. The van der Waals surface area contributed by atoms with E-state index in [1.807, 2.05) is 12.1 Å². The standard InChI is InChI=1S/C16H17ClN2O3/c17-13-3-7-15(8-4-13)22-11-19-16(21)18-10-9-12-1-5-14(20)6-2-12/h1-8,20H,9-11H2,(H2,18,19,21). The fourth-order valence-corrected chi connectivity index (χ4v) is 1.89. The summed E-state index contributed by atoms with van der Waals surface area (Å²) in [7, 11) is 0. The van der Waals surface area contributed by atoms with Crippen LogP contribution in [0, 0.1) is 0 Å². The number of nitrogens with one attached hydrogen (secondary N) is 2. The number of hydrogen-bond acceptors (Lipinski definition) is 3. The molecular weight excluding hydrogens is 304 g/mol. The molecule has 2 aromatic carbocycles. The van der Waals surface area contributed by atoms with Gasteiger partial charge < -0.3 is 20.5 Å². The second-order valence-corrected chi connectivity index (χ2v) is 5.03. The lowest BCUT2D eigenvalue weighted by Crippen LogP contribution is -2.38. The fraction of sp³-hybridized carbons (Fsp3) is 0.188. The van der Waals surface area contributed by atoms with Crippen LogP contribution in [0.4, 0.5) is 4.79 Å². The van der Waals surface area contributed by atoms with E-state index in [9.17, 15) is 9.90 Å². The van der Waals surface area contributed by atoms with Crippen molar-refractivity contribution in [3.8, 4) is 11.5 Å². The van der Waals surface area contributed by atoms with Crippen LogP contribution < -0.4 is 15.4 Å². The Kier molecular flexibility index (Phi) is 5.91. The summed E-state index contributed by atoms with van der Waals surface area (Å²) in [6.07, 6.45) is 0.686. The number of phenols is 1. The molecule has 0 saturated heterocycles. The van der Waals surface area contributed by atoms with E-state index in [1.165, 1.54) is 0 Å². The van der Waals surface area contributed by atoms with Gasteiger partial charge in [0.1, 0.15) is 11.5 Å². The van der Waals surface area contributed by atoms with E-state index in [-0.39, 0.29) is 18.5 Å². The highest BCUT2D eigenvalue weighted by Crippen LogP contribution is 2.14. The molecule has 0 aliphatic rings. The first kappa shape index (κ1) is 16.0. The van der Waals surface area contributed by atoms with E-state index in [1.54, 1.807) is 36.4 Å². The van der Waals surface area contributed by atoms with Crippen molar-refractivity contribution in [3.05, 3.63) is 59.1 Å². The van der Waals surface area contributed by atoms with Crippen LogP contribution in [0.5, 0.6) is 11.5 Å². The third-order valence-electron chi connectivity index (χ3n) is 2.92. The summed E-state index contributed by atoms with van der Waals surface area (Å²) in [5.41, 5.74) is 1.04. The number of carbonyl (C=O) groups excluding carboxylic acids is 1. The van der Waals surface area contributed by atoms with E-state index < -0.39 is 0 Å². The third kappa shape index (κ3) is 5.54. The van der Waals surface area contributed by atoms with Gasteiger partial charge in [-0.1, -0.05) is 23.7 Å². The molecule has 0 unspecified atom stereocenters. The Hall–Kier alpha value is -2.40. The number of ether oxygens (including phenoxy) is 1. The predicted octanol–water partition coefficient (Wildman–Crippen LogP) is 2.92. The second kappa shape index (κ2) is 8.14. The van der Waals surface area contributed by atoms with Crippen LogP contribution in [-0.4, -0.2) is 24.4 Å². The molecule has 0 aliphatic heterocycles. The highest BCUT2D eigenvalue weighted by molar-refractivity contribution is 6.30. The molecule has 0 atom stereocenters. The van der Waals surface area contributed by atoms with Crippen molar-refractivity contribution in [2.75, 3.05) is 13.3 Å². The Bertz CT molecular complexity index is 546. The number of phenolic OH excluding ortho intramolecular Hbond substituents is 1. The van der Waals surface area contributed by atoms with Gasteiger partial charge >= 0.3 is 6.03 Å². The summed E-state index contributed by atoms with van der Waals surface area (Å²) in [4.78, 5) is 11.6. The largest absolute Gasteiger partial charge is 0.508 e. The first-order valence-electron chi connectivity index (χ1n) is 6.81. The molecule has 2 amide bonds. The van der Waals surface area contributed by atoms with Crippen molar-refractivity contribution in [2.24, 2.45) is 0 Å². The lowest BCUT2D eigenvalue weighted by molar-refractivity contribution is 0.224. The maximum atomic E-state index is 11.6. The number of urea groups is 1. The van der Waals surface area contributed by atoms with Crippen LogP contribution >= 0.6 is 11.6 Å². The third-order valence-corrected chi connectivity index (χ3v) is 3.17. The van der Waals surface area contributed by atoms with Gasteiger partial charge in [0.25, 0.3) is 0 Å². The van der Waals surface area contributed by atoms with Gasteiger partial charge in [-0.15, -0.1) is 0 Å². The summed E-state index contributed by atoms with van der Waals surface area (Å²) in [5, 5.41) is 15.1. The number of hydrogen-bond donors (Lipinski definition) is 3. The molecule has 3 N–H and O–H groups in total. The van der Waals surface area contributed by atoms with E-state index in [0.29, 0.717) is 23.7 Å². The van der Waals surface area contributed by atoms with Crippen molar-refractivity contribution in [3.63, 3.8) is 0 Å². The van der Waals surface area contributed by atoms with Crippen LogP contribution in [0.1, 0.15) is 5.56 Å². The topological polar surface area (TPSA) is 70.6 Å². The van der Waals surface area contributed by atoms with E-state index in [2.05, 4.69) is 10.6 Å². The first-order chi connectivity index (χ1) is 10.6. The van der Waals surface area contributed by atoms with Gasteiger partial charge in [0, 0.05) is 11.6 Å². The van der Waals surface area contributed by atoms with Gasteiger partial charge in [-0.2, -0.15) is 0 Å². The van der Waals surface area contributed by atoms with E-state index in [4.69, 9.17) is 16.3 Å². The van der Waals surface area contributed by atoms with Crippen LogP contribution in [-0.2, 0) is 6.42 Å². The van der Waals surface area contributed by atoms with Crippen molar-refractivity contribution < 1.29 is 14.6 Å². The molecule has 116 valence electrons. The summed E-state index contributed by atoms with van der Waals surface area (Å²) in [5.74, 6) is 0.864.